The Balaban J connectivity index is 0.000000116. The van der Waals surface area contributed by atoms with Crippen LogP contribution in [-0.2, 0) is 9.13 Å². The molecule has 0 fully saturated rings. The topological polar surface area (TPSA) is 111 Å². The number of aromatic nitrogens is 4. The smallest absolute Gasteiger partial charge is 0.174 e. The molecule has 18 aromatic carbocycles. The molecule has 4 aromatic heterocycles. The molecule has 0 bridgehead atoms. The number of nitriles is 2. The van der Waals surface area contributed by atoms with Gasteiger partial charge in [-0.2, -0.15) is 10.5 Å². The Kier molecular flexibility index (Phi) is 19.5. The summed E-state index contributed by atoms with van der Waals surface area (Å²) in [6.07, 6.45) is 0. The maximum Gasteiger partial charge on any atom is 0.174 e. The Labute approximate surface area is 700 Å². The molecule has 0 atom stereocenters. The summed E-state index contributed by atoms with van der Waals surface area (Å²) in [5.74, 6) is 0.923. The van der Waals surface area contributed by atoms with Crippen LogP contribution in [0.5, 0.6) is 11.5 Å². The lowest BCUT2D eigenvalue weighted by molar-refractivity contribution is 0.489. The molecule has 0 N–H and O–H groups in total. The predicted octanol–water partition coefficient (Wildman–Crippen LogP) is 25.6. The van der Waals surface area contributed by atoms with Crippen molar-refractivity contribution in [3.8, 4) is 68.6 Å². The van der Waals surface area contributed by atoms with Crippen molar-refractivity contribution in [2.75, 3.05) is 0 Å². The van der Waals surface area contributed by atoms with Crippen molar-refractivity contribution in [2.45, 2.75) is 0 Å². The van der Waals surface area contributed by atoms with Crippen LogP contribution in [0.15, 0.2) is 449 Å². The van der Waals surface area contributed by atoms with Gasteiger partial charge in [0.1, 0.15) is 11.5 Å². The van der Waals surface area contributed by atoms with Crippen LogP contribution in [0.1, 0.15) is 11.1 Å². The van der Waals surface area contributed by atoms with Crippen molar-refractivity contribution in [1.82, 2.24) is 18.3 Å². The van der Waals surface area contributed by atoms with Gasteiger partial charge in [0.05, 0.1) is 89.4 Å². The number of hydrogen-bond acceptors (Lipinski definition) is 5. The molecule has 0 saturated heterocycles. The second kappa shape index (κ2) is 31.8. The molecule has 22 rings (SSSR count). The number of fused-ring (bicyclic) bond motifs is 12. The molecule has 0 radical (unpaired) electrons. The minimum absolute atomic E-state index is 0.462. The van der Waals surface area contributed by atoms with E-state index in [0.29, 0.717) is 33.2 Å². The molecule has 22 aromatic rings. The highest BCUT2D eigenvalue weighted by Gasteiger charge is 2.36. The van der Waals surface area contributed by atoms with Crippen LogP contribution in [0, 0.1) is 22.7 Å². The van der Waals surface area contributed by atoms with Gasteiger partial charge in [-0.1, -0.05) is 322 Å². The molecule has 9 nitrogen and oxygen atoms in total. The maximum atomic E-state index is 15.2. The van der Waals surface area contributed by atoms with Crippen LogP contribution in [0.3, 0.4) is 0 Å². The van der Waals surface area contributed by atoms with E-state index in [1.165, 1.54) is 76.9 Å². The number of benzene rings is 18. The highest BCUT2D eigenvalue weighted by atomic mass is 31.2. The number of nitrogens with zero attached hydrogens (tertiary/aromatic N) is 6. The molecular formula is C110H74N6O3P2. The van der Waals surface area contributed by atoms with Gasteiger partial charge in [0.2, 0.25) is 0 Å². The van der Waals surface area contributed by atoms with Gasteiger partial charge in [-0.3, -0.25) is 0 Å². The first-order valence-corrected chi connectivity index (χ1v) is 43.7. The Morgan fingerprint density at radius 3 is 0.917 bits per heavy atom. The summed E-state index contributed by atoms with van der Waals surface area (Å²) in [5.41, 5.74) is 19.2. The van der Waals surface area contributed by atoms with Gasteiger partial charge in [0.15, 0.2) is 14.3 Å². The molecule has 0 aliphatic rings. The minimum Gasteiger partial charge on any atom is -0.456 e. The minimum atomic E-state index is -3.32. The van der Waals surface area contributed by atoms with E-state index in [9.17, 15) is 10.5 Å². The SMILES string of the molecule is N#Cc1cc(-c2cccc(-n3c4ccccc4c4ccccc43)c2)cc(-n2c3ccccc3c3cc(C#N)ccc32)c1.O=P(c1ccccc1)(c1ccccc1)c1ccccc1Oc1ccccc1P(=O)(c1ccccc1)c1ccccc1.c1ccc(-n2c3ccccc3c3ccccc32)c(-c2ccccc2-n2c3ccccc3c3ccccc32)c1. The molecule has 0 aliphatic heterocycles. The number of ether oxygens (including phenoxy) is 1. The van der Waals surface area contributed by atoms with Gasteiger partial charge in [-0.25, -0.2) is 0 Å². The molecule has 121 heavy (non-hydrogen) atoms. The van der Waals surface area contributed by atoms with Crippen molar-refractivity contribution in [2.24, 2.45) is 0 Å². The van der Waals surface area contributed by atoms with Gasteiger partial charge >= 0.3 is 0 Å². The first kappa shape index (κ1) is 74.2. The molecular weight excluding hydrogens is 1520 g/mol. The van der Waals surface area contributed by atoms with Gasteiger partial charge in [-0.15, -0.1) is 0 Å². The van der Waals surface area contributed by atoms with Crippen LogP contribution in [0.4, 0.5) is 0 Å². The third-order valence-electron chi connectivity index (χ3n) is 23.0. The van der Waals surface area contributed by atoms with E-state index in [-0.39, 0.29) is 0 Å². The Hall–Kier alpha value is -15.6. The molecule has 11 heteroatoms. The van der Waals surface area contributed by atoms with Crippen molar-refractivity contribution in [3.63, 3.8) is 0 Å². The zero-order valence-corrected chi connectivity index (χ0v) is 67.3. The summed E-state index contributed by atoms with van der Waals surface area (Å²) < 4.78 is 46.4. The van der Waals surface area contributed by atoms with Crippen LogP contribution in [0.25, 0.3) is 132 Å². The first-order chi connectivity index (χ1) is 59.7. The first-order valence-electron chi connectivity index (χ1n) is 40.3. The average molecular weight is 1590 g/mol. The fraction of sp³-hybridized carbons (Fsp3) is 0. The highest BCUT2D eigenvalue weighted by molar-refractivity contribution is 7.86. The maximum absolute atomic E-state index is 15.2. The van der Waals surface area contributed by atoms with Gasteiger partial charge < -0.3 is 32.1 Å². The summed E-state index contributed by atoms with van der Waals surface area (Å²) >= 11 is 0. The van der Waals surface area contributed by atoms with Crippen molar-refractivity contribution in [1.29, 1.82) is 10.5 Å². The van der Waals surface area contributed by atoms with Crippen molar-refractivity contribution in [3.05, 3.63) is 460 Å². The zero-order valence-electron chi connectivity index (χ0n) is 65.5. The Morgan fingerprint density at radius 1 is 0.223 bits per heavy atom. The van der Waals surface area contributed by atoms with Crippen LogP contribution in [0.2, 0.25) is 0 Å². The van der Waals surface area contributed by atoms with E-state index < -0.39 is 14.3 Å². The van der Waals surface area contributed by atoms with E-state index >= 15 is 9.13 Å². The number of hydrogen-bond donors (Lipinski definition) is 0. The molecule has 0 spiro atoms. The van der Waals surface area contributed by atoms with E-state index in [1.54, 1.807) is 0 Å². The summed E-state index contributed by atoms with van der Waals surface area (Å²) in [5, 5.41) is 33.3. The molecule has 0 unspecified atom stereocenters. The second-order valence-corrected chi connectivity index (χ2v) is 35.3. The average Bonchev–Trinajstić information content (AvgIpc) is 1.46. The third kappa shape index (κ3) is 13.2. The fourth-order valence-electron chi connectivity index (χ4n) is 17.6. The summed E-state index contributed by atoms with van der Waals surface area (Å²) in [7, 11) is -6.63. The van der Waals surface area contributed by atoms with Crippen LogP contribution >= 0.6 is 14.3 Å². The predicted molar refractivity (Wildman–Crippen MR) is 502 cm³/mol. The second-order valence-electron chi connectivity index (χ2n) is 29.9. The molecule has 0 amide bonds. The standard InChI is InChI=1S/C38H22N4.C36H24N2.C36H28O3P2/c39-23-25-16-17-38-34(20-25)33-12-3-6-15-37(33)42(38)30-19-26(24-40)18-28(22-30)27-8-7-9-29(21-27)41-35-13-4-1-10-31(35)32-11-2-5-14-36(32)41;1-7-19-31-25(13-1)26-14-2-8-20-32(26)37(31)35-23-11-5-17-29(35)30-18-6-12-24-36(30)38-33-21-9-3-15-27(33)28-16-4-10-22-34(28)38;37-40(29-17-5-1-6-18-29,30-19-7-2-8-20-30)35-27-15-13-25-33(35)39-34-26-14-16-28-36(34)41(38,31-21-9-3-10-22-31)32-23-11-4-12-24-32/h1-22H;1-24H;1-28H. The number of para-hydroxylation sites is 11. The third-order valence-corrected chi connectivity index (χ3v) is 29.2. The van der Waals surface area contributed by atoms with E-state index in [1.807, 2.05) is 212 Å². The van der Waals surface area contributed by atoms with Crippen molar-refractivity contribution < 1.29 is 13.9 Å². The molecule has 572 valence electrons. The van der Waals surface area contributed by atoms with Crippen molar-refractivity contribution >= 4 is 133 Å². The Morgan fingerprint density at radius 2 is 0.529 bits per heavy atom. The lowest BCUT2D eigenvalue weighted by Crippen LogP contribution is -2.27. The van der Waals surface area contributed by atoms with Crippen LogP contribution in [-0.4, -0.2) is 18.3 Å². The Bertz CT molecular complexity index is 7390. The monoisotopic (exact) mass is 1590 g/mol. The quantitative estimate of drug-likeness (QED) is 0.101. The molecule has 0 aliphatic carbocycles. The van der Waals surface area contributed by atoms with Gasteiger partial charge in [-0.05, 0) is 139 Å². The van der Waals surface area contributed by atoms with E-state index in [4.69, 9.17) is 4.74 Å². The number of rotatable bonds is 14. The normalized spacial score (nSPS) is 11.5. The lowest BCUT2D eigenvalue weighted by Gasteiger charge is -2.25. The zero-order chi connectivity index (χ0) is 81.4. The highest BCUT2D eigenvalue weighted by Crippen LogP contribution is 2.50. The molecule has 0 saturated carbocycles. The molecule has 4 heterocycles. The van der Waals surface area contributed by atoms with Crippen LogP contribution < -0.4 is 36.6 Å². The van der Waals surface area contributed by atoms with Gasteiger partial charge in [0, 0.05) is 86.8 Å². The summed E-state index contributed by atoms with van der Waals surface area (Å²) in [6.45, 7) is 0. The van der Waals surface area contributed by atoms with Gasteiger partial charge in [0.25, 0.3) is 0 Å². The van der Waals surface area contributed by atoms with E-state index in [2.05, 4.69) is 267 Å². The summed E-state index contributed by atoms with van der Waals surface area (Å²) in [4.78, 5) is 0. The fourth-order valence-corrected chi connectivity index (χ4v) is 23.1. The largest absolute Gasteiger partial charge is 0.456 e. The van der Waals surface area contributed by atoms with E-state index in [0.717, 1.165) is 76.6 Å². The lowest BCUT2D eigenvalue weighted by atomic mass is 10.0. The summed E-state index contributed by atoms with van der Waals surface area (Å²) in [6, 6.07) is 156.